The Hall–Kier alpha value is -1.46. The highest BCUT2D eigenvalue weighted by Crippen LogP contribution is 2.17. The molecule has 0 fully saturated rings. The maximum Gasteiger partial charge on any atom is 0.179 e. The summed E-state index contributed by atoms with van der Waals surface area (Å²) in [5, 5.41) is 0. The number of imidazole rings is 1. The van der Waals surface area contributed by atoms with E-state index in [1.807, 2.05) is 35.8 Å². The van der Waals surface area contributed by atoms with Crippen molar-refractivity contribution in [3.05, 3.63) is 56.9 Å². The molecule has 0 radical (unpaired) electrons. The zero-order valence-electron chi connectivity index (χ0n) is 10.4. The van der Waals surface area contributed by atoms with Crippen molar-refractivity contribution in [1.82, 2.24) is 14.5 Å². The van der Waals surface area contributed by atoms with Crippen LogP contribution in [-0.2, 0) is 6.54 Å². The van der Waals surface area contributed by atoms with Crippen molar-refractivity contribution in [2.75, 3.05) is 0 Å². The van der Waals surface area contributed by atoms with Gasteiger partial charge in [0.2, 0.25) is 0 Å². The number of H-pyrrole nitrogens is 1. The molecular formula is C14H12BrN3S. The van der Waals surface area contributed by atoms with Crippen LogP contribution < -0.4 is 0 Å². The van der Waals surface area contributed by atoms with Crippen LogP contribution in [0, 0.1) is 11.7 Å². The monoisotopic (exact) mass is 333 g/mol. The van der Waals surface area contributed by atoms with Crippen LogP contribution in [0.1, 0.15) is 11.3 Å². The smallest absolute Gasteiger partial charge is 0.179 e. The lowest BCUT2D eigenvalue weighted by Gasteiger charge is -2.05. The second-order valence-corrected chi connectivity index (χ2v) is 5.77. The Bertz CT molecular complexity index is 804. The molecule has 0 atom stereocenters. The Labute approximate surface area is 124 Å². The quantitative estimate of drug-likeness (QED) is 0.712. The van der Waals surface area contributed by atoms with E-state index in [0.717, 1.165) is 21.3 Å². The molecular weight excluding hydrogens is 322 g/mol. The predicted molar refractivity (Wildman–Crippen MR) is 82.9 cm³/mol. The molecule has 3 aromatic rings. The number of aromatic nitrogens is 3. The average Bonchev–Trinajstić information content (AvgIpc) is 2.66. The number of halogens is 1. The summed E-state index contributed by atoms with van der Waals surface area (Å²) >= 11 is 8.87. The van der Waals surface area contributed by atoms with Gasteiger partial charge in [-0.25, -0.2) is 4.98 Å². The molecule has 3 nitrogen and oxygen atoms in total. The number of fused-ring (bicyclic) bond motifs is 1. The standard InChI is InChI=1S/C14H12BrN3S/c1-9-5-6-12-13(16-9)18(14(19)17-12)8-10-3-2-4-11(15)7-10/h2-7H,8H2,1H3,(H,17,19). The molecule has 0 unspecified atom stereocenters. The van der Waals surface area contributed by atoms with Gasteiger partial charge in [-0.2, -0.15) is 0 Å². The van der Waals surface area contributed by atoms with Gasteiger partial charge < -0.3 is 4.98 Å². The second-order valence-electron chi connectivity index (χ2n) is 4.47. The molecule has 0 bridgehead atoms. The van der Waals surface area contributed by atoms with Crippen LogP contribution in [0.4, 0.5) is 0 Å². The van der Waals surface area contributed by atoms with E-state index in [-0.39, 0.29) is 0 Å². The van der Waals surface area contributed by atoms with Gasteiger partial charge in [-0.05, 0) is 49.0 Å². The second kappa shape index (κ2) is 4.90. The summed E-state index contributed by atoms with van der Waals surface area (Å²) in [6, 6.07) is 12.2. The zero-order valence-corrected chi connectivity index (χ0v) is 12.8. The van der Waals surface area contributed by atoms with Crippen LogP contribution in [0.2, 0.25) is 0 Å². The number of nitrogens with one attached hydrogen (secondary N) is 1. The third kappa shape index (κ3) is 2.48. The molecule has 19 heavy (non-hydrogen) atoms. The highest BCUT2D eigenvalue weighted by atomic mass is 79.9. The maximum atomic E-state index is 5.38. The number of aryl methyl sites for hydroxylation is 1. The largest absolute Gasteiger partial charge is 0.329 e. The number of aromatic amines is 1. The average molecular weight is 334 g/mol. The van der Waals surface area contributed by atoms with Gasteiger partial charge in [0.1, 0.15) is 0 Å². The first-order valence-electron chi connectivity index (χ1n) is 5.94. The van der Waals surface area contributed by atoms with Gasteiger partial charge in [0.25, 0.3) is 0 Å². The zero-order chi connectivity index (χ0) is 13.4. The van der Waals surface area contributed by atoms with Crippen LogP contribution in [0.15, 0.2) is 40.9 Å². The summed E-state index contributed by atoms with van der Waals surface area (Å²) < 4.78 is 3.80. The Morgan fingerprint density at radius 3 is 2.95 bits per heavy atom. The summed E-state index contributed by atoms with van der Waals surface area (Å²) in [5.74, 6) is 0. The SMILES string of the molecule is Cc1ccc2[nH]c(=S)n(Cc3cccc(Br)c3)c2n1. The van der Waals surface area contributed by atoms with Gasteiger partial charge in [-0.3, -0.25) is 4.57 Å². The molecule has 0 aliphatic rings. The molecule has 1 aromatic carbocycles. The van der Waals surface area contributed by atoms with E-state index >= 15 is 0 Å². The van der Waals surface area contributed by atoms with E-state index in [9.17, 15) is 0 Å². The van der Waals surface area contributed by atoms with E-state index in [0.29, 0.717) is 11.3 Å². The van der Waals surface area contributed by atoms with Crippen LogP contribution in [0.3, 0.4) is 0 Å². The highest BCUT2D eigenvalue weighted by Gasteiger charge is 2.06. The summed E-state index contributed by atoms with van der Waals surface area (Å²) in [5.41, 5.74) is 4.06. The van der Waals surface area contributed by atoms with Crippen LogP contribution >= 0.6 is 28.1 Å². The minimum absolute atomic E-state index is 0.702. The first-order chi connectivity index (χ1) is 9.13. The molecule has 3 rings (SSSR count). The molecule has 96 valence electrons. The van der Waals surface area contributed by atoms with Gasteiger partial charge >= 0.3 is 0 Å². The maximum absolute atomic E-state index is 5.38. The number of nitrogens with zero attached hydrogens (tertiary/aromatic N) is 2. The van der Waals surface area contributed by atoms with Crippen molar-refractivity contribution in [3.63, 3.8) is 0 Å². The highest BCUT2D eigenvalue weighted by molar-refractivity contribution is 9.10. The van der Waals surface area contributed by atoms with Crippen molar-refractivity contribution in [3.8, 4) is 0 Å². The lowest BCUT2D eigenvalue weighted by molar-refractivity contribution is 0.799. The van der Waals surface area contributed by atoms with Crippen LogP contribution in [0.25, 0.3) is 11.2 Å². The fraction of sp³-hybridized carbons (Fsp3) is 0.143. The molecule has 1 N–H and O–H groups in total. The molecule has 0 aliphatic carbocycles. The van der Waals surface area contributed by atoms with E-state index in [1.54, 1.807) is 0 Å². The van der Waals surface area contributed by atoms with Gasteiger partial charge in [0.05, 0.1) is 12.1 Å². The van der Waals surface area contributed by atoms with Crippen molar-refractivity contribution in [2.45, 2.75) is 13.5 Å². The molecule has 0 saturated heterocycles. The number of pyridine rings is 1. The summed E-state index contributed by atoms with van der Waals surface area (Å²) in [6.07, 6.45) is 0. The fourth-order valence-corrected chi connectivity index (χ4v) is 2.80. The van der Waals surface area contributed by atoms with Gasteiger partial charge in [0, 0.05) is 10.2 Å². The van der Waals surface area contributed by atoms with Crippen molar-refractivity contribution in [2.24, 2.45) is 0 Å². The van der Waals surface area contributed by atoms with Crippen molar-refractivity contribution >= 4 is 39.3 Å². The molecule has 2 heterocycles. The first-order valence-corrected chi connectivity index (χ1v) is 7.14. The summed E-state index contributed by atoms with van der Waals surface area (Å²) in [4.78, 5) is 7.76. The molecule has 0 spiro atoms. The third-order valence-electron chi connectivity index (χ3n) is 2.99. The molecule has 0 aliphatic heterocycles. The Kier molecular flexibility index (Phi) is 3.24. The molecule has 5 heteroatoms. The molecule has 0 amide bonds. The van der Waals surface area contributed by atoms with Gasteiger partial charge in [-0.1, -0.05) is 28.1 Å². The summed E-state index contributed by atoms with van der Waals surface area (Å²) in [6.45, 7) is 2.70. The van der Waals surface area contributed by atoms with Crippen LogP contribution in [0.5, 0.6) is 0 Å². The van der Waals surface area contributed by atoms with Crippen LogP contribution in [-0.4, -0.2) is 14.5 Å². The minimum Gasteiger partial charge on any atom is -0.329 e. The number of hydrogen-bond acceptors (Lipinski definition) is 2. The van der Waals surface area contributed by atoms with E-state index < -0.39 is 0 Å². The Balaban J connectivity index is 2.12. The lowest BCUT2D eigenvalue weighted by atomic mass is 10.2. The Morgan fingerprint density at radius 1 is 1.32 bits per heavy atom. The number of hydrogen-bond donors (Lipinski definition) is 1. The number of rotatable bonds is 2. The molecule has 2 aromatic heterocycles. The van der Waals surface area contributed by atoms with Crippen molar-refractivity contribution < 1.29 is 0 Å². The fourth-order valence-electron chi connectivity index (χ4n) is 2.09. The molecule has 0 saturated carbocycles. The topological polar surface area (TPSA) is 33.6 Å². The van der Waals surface area contributed by atoms with Crippen molar-refractivity contribution in [1.29, 1.82) is 0 Å². The third-order valence-corrected chi connectivity index (χ3v) is 3.80. The minimum atomic E-state index is 0.702. The van der Waals surface area contributed by atoms with E-state index in [1.165, 1.54) is 5.56 Å². The van der Waals surface area contributed by atoms with E-state index in [4.69, 9.17) is 12.2 Å². The Morgan fingerprint density at radius 2 is 2.16 bits per heavy atom. The lowest BCUT2D eigenvalue weighted by Crippen LogP contribution is -2.01. The normalized spacial score (nSPS) is 11.1. The predicted octanol–water partition coefficient (Wildman–Crippen LogP) is 4.21. The first kappa shape index (κ1) is 12.6. The van der Waals surface area contributed by atoms with Gasteiger partial charge in [0.15, 0.2) is 10.4 Å². The van der Waals surface area contributed by atoms with Gasteiger partial charge in [-0.15, -0.1) is 0 Å². The number of benzene rings is 1. The summed E-state index contributed by atoms with van der Waals surface area (Å²) in [7, 11) is 0. The van der Waals surface area contributed by atoms with E-state index in [2.05, 4.69) is 38.0 Å².